The quantitative estimate of drug-likeness (QED) is 0.798. The van der Waals surface area contributed by atoms with Crippen molar-refractivity contribution in [3.8, 4) is 11.8 Å². The van der Waals surface area contributed by atoms with Crippen molar-refractivity contribution in [1.82, 2.24) is 10.2 Å². The minimum absolute atomic E-state index is 0.208. The number of benzene rings is 1. The maximum Gasteiger partial charge on any atom is 0.132 e. The summed E-state index contributed by atoms with van der Waals surface area (Å²) >= 11 is 0. The van der Waals surface area contributed by atoms with Crippen molar-refractivity contribution < 1.29 is 5.11 Å². The van der Waals surface area contributed by atoms with Gasteiger partial charge in [-0.25, -0.2) is 0 Å². The molecule has 0 aromatic heterocycles. The van der Waals surface area contributed by atoms with Crippen LogP contribution in [-0.4, -0.2) is 36.2 Å². The molecule has 0 spiro atoms. The topological polar surface area (TPSA) is 59.3 Å². The molecule has 1 aliphatic heterocycles. The van der Waals surface area contributed by atoms with Crippen molar-refractivity contribution in [3.63, 3.8) is 0 Å². The van der Waals surface area contributed by atoms with Crippen LogP contribution in [0.1, 0.15) is 12.5 Å². The molecule has 1 aromatic carbocycles. The van der Waals surface area contributed by atoms with E-state index in [1.54, 1.807) is 18.2 Å². The van der Waals surface area contributed by atoms with Gasteiger partial charge in [-0.3, -0.25) is 4.90 Å². The van der Waals surface area contributed by atoms with Gasteiger partial charge in [0, 0.05) is 26.2 Å². The molecule has 0 radical (unpaired) electrons. The molecule has 2 N–H and O–H groups in total. The Bertz CT molecular complexity index is 435. The van der Waals surface area contributed by atoms with Gasteiger partial charge in [0.05, 0.1) is 6.07 Å². The van der Waals surface area contributed by atoms with Crippen LogP contribution in [0, 0.1) is 11.3 Å². The molecule has 1 heterocycles. The Balaban J connectivity index is 2.33. The largest absolute Gasteiger partial charge is 0.508 e. The molecule has 1 aromatic rings. The number of hydrogen-bond acceptors (Lipinski definition) is 4. The fourth-order valence-corrected chi connectivity index (χ4v) is 2.24. The highest BCUT2D eigenvalue weighted by Crippen LogP contribution is 2.29. The predicted octanol–water partition coefficient (Wildman–Crippen LogP) is 1.04. The number of nitrogens with one attached hydrogen (secondary N) is 1. The zero-order chi connectivity index (χ0) is 12.3. The number of phenols is 1. The van der Waals surface area contributed by atoms with Crippen LogP contribution in [0.3, 0.4) is 0 Å². The summed E-state index contributed by atoms with van der Waals surface area (Å²) in [6.45, 7) is 5.40. The van der Waals surface area contributed by atoms with Crippen LogP contribution in [0.25, 0.3) is 0 Å². The summed E-state index contributed by atoms with van der Waals surface area (Å²) in [5, 5.41) is 22.3. The average Bonchev–Trinajstić information content (AvgIpc) is 2.39. The first kappa shape index (κ1) is 11.9. The van der Waals surface area contributed by atoms with Crippen LogP contribution in [-0.2, 0) is 5.54 Å². The second-order valence-corrected chi connectivity index (χ2v) is 4.47. The van der Waals surface area contributed by atoms with Gasteiger partial charge in [0.2, 0.25) is 0 Å². The Labute approximate surface area is 101 Å². The Hall–Kier alpha value is -1.57. The Morgan fingerprint density at radius 2 is 2.12 bits per heavy atom. The second-order valence-electron chi connectivity index (χ2n) is 4.47. The number of nitrogens with zero attached hydrogens (tertiary/aromatic N) is 2. The van der Waals surface area contributed by atoms with E-state index in [1.165, 1.54) is 0 Å². The van der Waals surface area contributed by atoms with Gasteiger partial charge >= 0.3 is 0 Å². The number of rotatable bonds is 2. The molecule has 0 bridgehead atoms. The lowest BCUT2D eigenvalue weighted by molar-refractivity contribution is 0.132. The molecule has 1 fully saturated rings. The summed E-state index contributed by atoms with van der Waals surface area (Å²) in [4.78, 5) is 2.15. The highest BCUT2D eigenvalue weighted by atomic mass is 16.3. The fourth-order valence-electron chi connectivity index (χ4n) is 2.24. The maximum atomic E-state index is 9.53. The first-order chi connectivity index (χ1) is 8.16. The van der Waals surface area contributed by atoms with Crippen molar-refractivity contribution >= 4 is 0 Å². The third kappa shape index (κ3) is 2.26. The molecule has 1 aliphatic rings. The molecule has 4 heteroatoms. The molecular formula is C13H17N3O. The smallest absolute Gasteiger partial charge is 0.132 e. The maximum absolute atomic E-state index is 9.53. The van der Waals surface area contributed by atoms with E-state index in [9.17, 15) is 10.4 Å². The van der Waals surface area contributed by atoms with Crippen molar-refractivity contribution in [1.29, 1.82) is 5.26 Å². The van der Waals surface area contributed by atoms with E-state index < -0.39 is 5.54 Å². The molecule has 17 heavy (non-hydrogen) atoms. The van der Waals surface area contributed by atoms with Crippen molar-refractivity contribution in [2.24, 2.45) is 0 Å². The first-order valence-electron chi connectivity index (χ1n) is 5.83. The van der Waals surface area contributed by atoms with Crippen molar-refractivity contribution in [2.45, 2.75) is 12.5 Å². The zero-order valence-electron chi connectivity index (χ0n) is 9.98. The Kier molecular flexibility index (Phi) is 3.32. The molecule has 0 aliphatic carbocycles. The van der Waals surface area contributed by atoms with Gasteiger partial charge < -0.3 is 10.4 Å². The van der Waals surface area contributed by atoms with E-state index in [0.29, 0.717) is 0 Å². The molecule has 1 unspecified atom stereocenters. The minimum atomic E-state index is -0.666. The number of aromatic hydroxyl groups is 1. The molecule has 0 amide bonds. The molecule has 2 rings (SSSR count). The SMILES string of the molecule is CC(C#N)(c1cccc(O)c1)N1CCNCC1. The Morgan fingerprint density at radius 1 is 1.41 bits per heavy atom. The van der Waals surface area contributed by atoms with Crippen molar-refractivity contribution in [3.05, 3.63) is 29.8 Å². The van der Waals surface area contributed by atoms with E-state index in [4.69, 9.17) is 0 Å². The van der Waals surface area contributed by atoms with Gasteiger partial charge in [0.25, 0.3) is 0 Å². The van der Waals surface area contributed by atoms with E-state index >= 15 is 0 Å². The molecule has 1 atom stereocenters. The summed E-state index contributed by atoms with van der Waals surface area (Å²) in [7, 11) is 0. The molecule has 0 saturated carbocycles. The van der Waals surface area contributed by atoms with E-state index in [0.717, 1.165) is 31.7 Å². The predicted molar refractivity (Wildman–Crippen MR) is 65.5 cm³/mol. The van der Waals surface area contributed by atoms with E-state index in [-0.39, 0.29) is 5.75 Å². The molecular weight excluding hydrogens is 214 g/mol. The fraction of sp³-hybridized carbons (Fsp3) is 0.462. The minimum Gasteiger partial charge on any atom is -0.508 e. The standard InChI is InChI=1S/C13H17N3O/c1-13(10-14,16-7-5-15-6-8-16)11-3-2-4-12(17)9-11/h2-4,9,15,17H,5-8H2,1H3. The summed E-state index contributed by atoms with van der Waals surface area (Å²) in [5.74, 6) is 0.208. The zero-order valence-corrected chi connectivity index (χ0v) is 9.98. The number of piperazine rings is 1. The van der Waals surface area contributed by atoms with Gasteiger partial charge in [0.1, 0.15) is 11.3 Å². The van der Waals surface area contributed by atoms with E-state index in [1.807, 2.05) is 13.0 Å². The van der Waals surface area contributed by atoms with Gasteiger partial charge in [-0.05, 0) is 24.6 Å². The molecule has 4 nitrogen and oxygen atoms in total. The van der Waals surface area contributed by atoms with Crippen LogP contribution in [0.2, 0.25) is 0 Å². The van der Waals surface area contributed by atoms with E-state index in [2.05, 4.69) is 16.3 Å². The summed E-state index contributed by atoms with van der Waals surface area (Å²) in [6, 6.07) is 9.35. The van der Waals surface area contributed by atoms with Gasteiger partial charge in [-0.15, -0.1) is 0 Å². The number of phenolic OH excluding ortho intramolecular Hbond substituents is 1. The third-order valence-electron chi connectivity index (χ3n) is 3.38. The molecule has 90 valence electrons. The summed E-state index contributed by atoms with van der Waals surface area (Å²) < 4.78 is 0. The first-order valence-corrected chi connectivity index (χ1v) is 5.83. The highest BCUT2D eigenvalue weighted by Gasteiger charge is 2.34. The average molecular weight is 231 g/mol. The lowest BCUT2D eigenvalue weighted by Crippen LogP contribution is -2.52. The van der Waals surface area contributed by atoms with Crippen LogP contribution in [0.5, 0.6) is 5.75 Å². The van der Waals surface area contributed by atoms with Crippen LogP contribution in [0.4, 0.5) is 0 Å². The van der Waals surface area contributed by atoms with Gasteiger partial charge in [-0.1, -0.05) is 12.1 Å². The lowest BCUT2D eigenvalue weighted by Gasteiger charge is -2.39. The van der Waals surface area contributed by atoms with Gasteiger partial charge in [0.15, 0.2) is 0 Å². The van der Waals surface area contributed by atoms with Crippen LogP contribution >= 0.6 is 0 Å². The van der Waals surface area contributed by atoms with Crippen LogP contribution < -0.4 is 5.32 Å². The summed E-state index contributed by atoms with van der Waals surface area (Å²) in [6.07, 6.45) is 0. The monoisotopic (exact) mass is 231 g/mol. The second kappa shape index (κ2) is 4.74. The lowest BCUT2D eigenvalue weighted by atomic mass is 9.91. The Morgan fingerprint density at radius 3 is 2.71 bits per heavy atom. The highest BCUT2D eigenvalue weighted by molar-refractivity contribution is 5.36. The van der Waals surface area contributed by atoms with Gasteiger partial charge in [-0.2, -0.15) is 5.26 Å². The summed E-state index contributed by atoms with van der Waals surface area (Å²) in [5.41, 5.74) is 0.183. The van der Waals surface area contributed by atoms with Crippen molar-refractivity contribution in [2.75, 3.05) is 26.2 Å². The third-order valence-corrected chi connectivity index (χ3v) is 3.38. The van der Waals surface area contributed by atoms with Crippen LogP contribution in [0.15, 0.2) is 24.3 Å². The number of hydrogen-bond donors (Lipinski definition) is 2. The molecule has 1 saturated heterocycles. The number of nitriles is 1. The normalized spacial score (nSPS) is 20.5.